The van der Waals surface area contributed by atoms with Gasteiger partial charge in [-0.05, 0) is 37.8 Å². The predicted octanol–water partition coefficient (Wildman–Crippen LogP) is 3.47. The van der Waals surface area contributed by atoms with Crippen molar-refractivity contribution in [1.82, 2.24) is 15.2 Å². The van der Waals surface area contributed by atoms with Crippen molar-refractivity contribution in [1.29, 1.82) is 0 Å². The van der Waals surface area contributed by atoms with E-state index in [1.54, 1.807) is 0 Å². The van der Waals surface area contributed by atoms with Crippen LogP contribution in [0.3, 0.4) is 0 Å². The summed E-state index contributed by atoms with van der Waals surface area (Å²) in [6, 6.07) is 8.56. The highest BCUT2D eigenvalue weighted by Gasteiger charge is 2.32. The summed E-state index contributed by atoms with van der Waals surface area (Å²) < 4.78 is 11.8. The molecule has 1 saturated heterocycles. The molecule has 0 amide bonds. The van der Waals surface area contributed by atoms with Gasteiger partial charge in [-0.15, -0.1) is 5.10 Å². The van der Waals surface area contributed by atoms with E-state index in [4.69, 9.17) is 8.83 Å². The van der Waals surface area contributed by atoms with E-state index in [1.165, 1.54) is 12.8 Å². The van der Waals surface area contributed by atoms with Crippen LogP contribution in [0.15, 0.2) is 33.1 Å². The lowest BCUT2D eigenvalue weighted by Gasteiger charge is -2.29. The highest BCUT2D eigenvalue weighted by molar-refractivity contribution is 5.72. The summed E-state index contributed by atoms with van der Waals surface area (Å²) in [5.41, 5.74) is 1.78. The zero-order valence-electron chi connectivity index (χ0n) is 12.8. The molecule has 0 bridgehead atoms. The van der Waals surface area contributed by atoms with Crippen molar-refractivity contribution in [3.63, 3.8) is 0 Å². The average Bonchev–Trinajstić information content (AvgIpc) is 3.17. The summed E-state index contributed by atoms with van der Waals surface area (Å²) >= 11 is 0. The smallest absolute Gasteiger partial charge is 0.318 e. The lowest BCUT2D eigenvalue weighted by Crippen LogP contribution is -2.34. The number of oxazole rings is 1. The van der Waals surface area contributed by atoms with Gasteiger partial charge in [0, 0.05) is 19.0 Å². The van der Waals surface area contributed by atoms with Gasteiger partial charge in [0.15, 0.2) is 11.5 Å². The third kappa shape index (κ3) is 2.38. The molecule has 6 nitrogen and oxygen atoms in total. The van der Waals surface area contributed by atoms with Crippen molar-refractivity contribution >= 4 is 17.1 Å². The number of rotatable bonds is 3. The second kappa shape index (κ2) is 5.08. The van der Waals surface area contributed by atoms with Gasteiger partial charge in [0.25, 0.3) is 0 Å². The number of hydrogen-bond acceptors (Lipinski definition) is 6. The van der Waals surface area contributed by atoms with Crippen LogP contribution in [0.2, 0.25) is 0 Å². The van der Waals surface area contributed by atoms with Crippen molar-refractivity contribution in [3.05, 3.63) is 36.0 Å². The van der Waals surface area contributed by atoms with Gasteiger partial charge in [-0.2, -0.15) is 0 Å². The fourth-order valence-electron chi connectivity index (χ4n) is 3.27. The fraction of sp³-hybridized carbons (Fsp3) is 0.471. The molecule has 1 atom stereocenters. The van der Waals surface area contributed by atoms with Crippen LogP contribution >= 0.6 is 0 Å². The molecule has 3 aromatic rings. The van der Waals surface area contributed by atoms with E-state index in [9.17, 15) is 0 Å². The average molecular weight is 310 g/mol. The number of para-hydroxylation sites is 2. The number of benzene rings is 1. The molecule has 2 aromatic heterocycles. The summed E-state index contributed by atoms with van der Waals surface area (Å²) in [6.07, 6.45) is 4.50. The highest BCUT2D eigenvalue weighted by Crippen LogP contribution is 2.40. The van der Waals surface area contributed by atoms with Crippen LogP contribution in [0.4, 0.5) is 6.01 Å². The second-order valence-corrected chi connectivity index (χ2v) is 6.50. The molecule has 0 radical (unpaired) electrons. The number of aromatic nitrogens is 3. The van der Waals surface area contributed by atoms with Gasteiger partial charge in [-0.25, -0.2) is 4.98 Å². The predicted molar refractivity (Wildman–Crippen MR) is 84.5 cm³/mol. The standard InChI is InChI=1S/C17H18N4O2/c1-2-6-14-13(5-1)18-15(22-14)12-4-3-9-21(10-12)17-20-19-16(23-17)11-7-8-11/h1-2,5-6,11-12H,3-4,7-10H2/t12-/m0/s1. The Balaban J connectivity index is 1.38. The molecule has 23 heavy (non-hydrogen) atoms. The minimum Gasteiger partial charge on any atom is -0.440 e. The van der Waals surface area contributed by atoms with Crippen molar-refractivity contribution in [2.24, 2.45) is 0 Å². The van der Waals surface area contributed by atoms with E-state index in [-0.39, 0.29) is 5.92 Å². The largest absolute Gasteiger partial charge is 0.440 e. The van der Waals surface area contributed by atoms with Gasteiger partial charge >= 0.3 is 6.01 Å². The van der Waals surface area contributed by atoms with Crippen LogP contribution in [0.25, 0.3) is 11.1 Å². The number of hydrogen-bond donors (Lipinski definition) is 0. The Morgan fingerprint density at radius 3 is 2.74 bits per heavy atom. The summed E-state index contributed by atoms with van der Waals surface area (Å²) in [4.78, 5) is 6.82. The summed E-state index contributed by atoms with van der Waals surface area (Å²) in [5, 5.41) is 8.42. The van der Waals surface area contributed by atoms with E-state index in [0.717, 1.165) is 48.8 Å². The molecule has 0 N–H and O–H groups in total. The quantitative estimate of drug-likeness (QED) is 0.738. The zero-order chi connectivity index (χ0) is 15.2. The monoisotopic (exact) mass is 310 g/mol. The van der Waals surface area contributed by atoms with E-state index in [0.29, 0.717) is 11.9 Å². The molecular formula is C17H18N4O2. The summed E-state index contributed by atoms with van der Waals surface area (Å²) in [7, 11) is 0. The van der Waals surface area contributed by atoms with Gasteiger partial charge in [0.05, 0.1) is 5.92 Å². The fourth-order valence-corrected chi connectivity index (χ4v) is 3.27. The number of piperidine rings is 1. The number of anilines is 1. The molecule has 5 rings (SSSR count). The van der Waals surface area contributed by atoms with E-state index in [2.05, 4.69) is 20.1 Å². The highest BCUT2D eigenvalue weighted by atomic mass is 16.4. The molecule has 1 aliphatic carbocycles. The first kappa shape index (κ1) is 13.1. The molecule has 1 aliphatic heterocycles. The summed E-state index contributed by atoms with van der Waals surface area (Å²) in [6.45, 7) is 1.77. The Hall–Kier alpha value is -2.37. The molecule has 1 aromatic carbocycles. The van der Waals surface area contributed by atoms with Crippen molar-refractivity contribution in [2.45, 2.75) is 37.5 Å². The maximum Gasteiger partial charge on any atom is 0.318 e. The van der Waals surface area contributed by atoms with Crippen molar-refractivity contribution in [3.8, 4) is 0 Å². The second-order valence-electron chi connectivity index (χ2n) is 6.50. The first-order valence-corrected chi connectivity index (χ1v) is 8.30. The Kier molecular flexibility index (Phi) is 2.89. The molecular weight excluding hydrogens is 292 g/mol. The van der Waals surface area contributed by atoms with E-state index in [1.807, 2.05) is 24.3 Å². The van der Waals surface area contributed by atoms with Gasteiger partial charge in [-0.3, -0.25) is 0 Å². The Bertz CT molecular complexity index is 803. The molecule has 118 valence electrons. The first-order chi connectivity index (χ1) is 11.4. The molecule has 0 unspecified atom stereocenters. The van der Waals surface area contributed by atoms with Crippen molar-refractivity contribution < 1.29 is 8.83 Å². The third-order valence-electron chi connectivity index (χ3n) is 4.71. The van der Waals surface area contributed by atoms with Gasteiger partial charge in [0.1, 0.15) is 5.52 Å². The minimum atomic E-state index is 0.271. The minimum absolute atomic E-state index is 0.271. The maximum absolute atomic E-state index is 5.94. The van der Waals surface area contributed by atoms with Crippen LogP contribution in [-0.4, -0.2) is 28.3 Å². The van der Waals surface area contributed by atoms with Crippen LogP contribution in [-0.2, 0) is 0 Å². The SMILES string of the molecule is c1ccc2oc([C@H]3CCCN(c4nnc(C5CC5)o4)C3)nc2c1. The Labute approximate surface area is 133 Å². The Morgan fingerprint density at radius 2 is 1.87 bits per heavy atom. The molecule has 1 saturated carbocycles. The lowest BCUT2D eigenvalue weighted by atomic mass is 9.98. The first-order valence-electron chi connectivity index (χ1n) is 8.30. The van der Waals surface area contributed by atoms with Gasteiger partial charge < -0.3 is 13.7 Å². The normalized spacial score (nSPS) is 21.9. The Morgan fingerprint density at radius 1 is 0.957 bits per heavy atom. The van der Waals surface area contributed by atoms with Crippen LogP contribution in [0.1, 0.15) is 49.3 Å². The molecule has 2 aliphatic rings. The molecule has 0 spiro atoms. The van der Waals surface area contributed by atoms with Crippen LogP contribution in [0, 0.1) is 0 Å². The van der Waals surface area contributed by atoms with Crippen molar-refractivity contribution in [2.75, 3.05) is 18.0 Å². The van der Waals surface area contributed by atoms with Crippen LogP contribution in [0.5, 0.6) is 0 Å². The lowest BCUT2D eigenvalue weighted by molar-refractivity contribution is 0.393. The van der Waals surface area contributed by atoms with Gasteiger partial charge in [-0.1, -0.05) is 17.2 Å². The van der Waals surface area contributed by atoms with E-state index < -0.39 is 0 Å². The zero-order valence-corrected chi connectivity index (χ0v) is 12.8. The topological polar surface area (TPSA) is 68.2 Å². The summed E-state index contributed by atoms with van der Waals surface area (Å²) in [5.74, 6) is 2.38. The van der Waals surface area contributed by atoms with E-state index >= 15 is 0 Å². The molecule has 3 heterocycles. The van der Waals surface area contributed by atoms with Crippen LogP contribution < -0.4 is 4.90 Å². The maximum atomic E-state index is 5.94. The molecule has 2 fully saturated rings. The number of nitrogens with zero attached hydrogens (tertiary/aromatic N) is 4. The third-order valence-corrected chi connectivity index (χ3v) is 4.71. The van der Waals surface area contributed by atoms with Gasteiger partial charge in [0.2, 0.25) is 5.89 Å². The number of fused-ring (bicyclic) bond motifs is 1. The molecule has 6 heteroatoms.